The van der Waals surface area contributed by atoms with Crippen LogP contribution in [-0.2, 0) is 14.3 Å². The predicted octanol–water partition coefficient (Wildman–Crippen LogP) is 2.71. The summed E-state index contributed by atoms with van der Waals surface area (Å²) < 4.78 is 10.3. The van der Waals surface area contributed by atoms with Gasteiger partial charge in [0.1, 0.15) is 11.8 Å². The van der Waals surface area contributed by atoms with E-state index >= 15 is 0 Å². The number of benzene rings is 2. The number of methoxy groups -OCH3 is 1. The Morgan fingerprint density at radius 1 is 1.04 bits per heavy atom. The van der Waals surface area contributed by atoms with Crippen LogP contribution in [0.15, 0.2) is 54.6 Å². The fourth-order valence-corrected chi connectivity index (χ4v) is 2.76. The first kappa shape index (κ1) is 15.1. The van der Waals surface area contributed by atoms with Crippen LogP contribution >= 0.6 is 0 Å². The van der Waals surface area contributed by atoms with Gasteiger partial charge in [-0.05, 0) is 29.8 Å². The van der Waals surface area contributed by atoms with Crippen molar-refractivity contribution < 1.29 is 19.1 Å². The number of hydrogen-bond donors (Lipinski definition) is 0. The molecule has 3 rings (SSSR count). The van der Waals surface area contributed by atoms with E-state index < -0.39 is 12.1 Å². The van der Waals surface area contributed by atoms with Crippen molar-refractivity contribution in [3.63, 3.8) is 0 Å². The van der Waals surface area contributed by atoms with Crippen LogP contribution in [0.1, 0.15) is 18.5 Å². The normalized spacial score (nSPS) is 19.9. The standard InChI is InChI=1S/C18H17NO4/c1-12(20)23-17-16(13-6-4-3-5-7-13)19(18(17)21)14-8-10-15(22-2)11-9-14/h3-11,16-17H,1-2H3/t16-,17-/m0/s1. The fraction of sp³-hybridized carbons (Fsp3) is 0.222. The molecular weight excluding hydrogens is 294 g/mol. The van der Waals surface area contributed by atoms with E-state index in [9.17, 15) is 9.59 Å². The molecule has 1 saturated heterocycles. The highest BCUT2D eigenvalue weighted by Crippen LogP contribution is 2.41. The number of β-lactam (4-membered cyclic amide) rings is 1. The van der Waals surface area contributed by atoms with Gasteiger partial charge >= 0.3 is 5.97 Å². The van der Waals surface area contributed by atoms with Crippen molar-refractivity contribution >= 4 is 17.6 Å². The molecular formula is C18H17NO4. The minimum absolute atomic E-state index is 0.223. The summed E-state index contributed by atoms with van der Waals surface area (Å²) in [4.78, 5) is 25.4. The summed E-state index contributed by atoms with van der Waals surface area (Å²) in [6.45, 7) is 1.31. The van der Waals surface area contributed by atoms with Gasteiger partial charge in [0.2, 0.25) is 6.10 Å². The second-order valence-corrected chi connectivity index (χ2v) is 5.29. The van der Waals surface area contributed by atoms with Crippen LogP contribution in [0.4, 0.5) is 5.69 Å². The van der Waals surface area contributed by atoms with Crippen molar-refractivity contribution in [2.24, 2.45) is 0 Å². The zero-order chi connectivity index (χ0) is 16.4. The van der Waals surface area contributed by atoms with Crippen LogP contribution in [0.25, 0.3) is 0 Å². The van der Waals surface area contributed by atoms with Crippen LogP contribution in [-0.4, -0.2) is 25.1 Å². The highest BCUT2D eigenvalue weighted by Gasteiger charge is 2.51. The van der Waals surface area contributed by atoms with Gasteiger partial charge in [-0.25, -0.2) is 0 Å². The summed E-state index contributed by atoms with van der Waals surface area (Å²) in [5.41, 5.74) is 1.67. The van der Waals surface area contributed by atoms with Crippen molar-refractivity contribution in [3.05, 3.63) is 60.2 Å². The van der Waals surface area contributed by atoms with Gasteiger partial charge < -0.3 is 9.47 Å². The number of ether oxygens (including phenoxy) is 2. The van der Waals surface area contributed by atoms with Gasteiger partial charge in [0.25, 0.3) is 5.91 Å². The lowest BCUT2D eigenvalue weighted by atomic mass is 9.89. The Hall–Kier alpha value is -2.82. The molecule has 0 saturated carbocycles. The molecule has 2 aromatic rings. The molecule has 0 N–H and O–H groups in total. The van der Waals surface area contributed by atoms with Crippen molar-refractivity contribution in [3.8, 4) is 5.75 Å². The molecule has 0 radical (unpaired) electrons. The Labute approximate surface area is 134 Å². The predicted molar refractivity (Wildman–Crippen MR) is 85.2 cm³/mol. The second kappa shape index (κ2) is 6.12. The highest BCUT2D eigenvalue weighted by molar-refractivity contribution is 6.06. The van der Waals surface area contributed by atoms with Crippen LogP contribution in [0.3, 0.4) is 0 Å². The number of rotatable bonds is 4. The van der Waals surface area contributed by atoms with E-state index in [2.05, 4.69) is 0 Å². The molecule has 1 amide bonds. The first-order valence-corrected chi connectivity index (χ1v) is 7.31. The third-order valence-corrected chi connectivity index (χ3v) is 3.83. The monoisotopic (exact) mass is 311 g/mol. The van der Waals surface area contributed by atoms with Crippen LogP contribution < -0.4 is 9.64 Å². The third-order valence-electron chi connectivity index (χ3n) is 3.83. The molecule has 2 aromatic carbocycles. The van der Waals surface area contributed by atoms with Gasteiger partial charge in [0.05, 0.1) is 7.11 Å². The number of carbonyl (C=O) groups excluding carboxylic acids is 2. The van der Waals surface area contributed by atoms with Gasteiger partial charge in [0.15, 0.2) is 0 Å². The molecule has 0 spiro atoms. The molecule has 1 aliphatic rings. The molecule has 23 heavy (non-hydrogen) atoms. The van der Waals surface area contributed by atoms with Crippen molar-refractivity contribution in [1.29, 1.82) is 0 Å². The smallest absolute Gasteiger partial charge is 0.303 e. The Morgan fingerprint density at radius 3 is 2.26 bits per heavy atom. The van der Waals surface area contributed by atoms with Gasteiger partial charge in [-0.2, -0.15) is 0 Å². The van der Waals surface area contributed by atoms with E-state index in [1.807, 2.05) is 42.5 Å². The average molecular weight is 311 g/mol. The first-order chi connectivity index (χ1) is 11.1. The zero-order valence-electron chi connectivity index (χ0n) is 12.9. The number of anilines is 1. The van der Waals surface area contributed by atoms with E-state index in [1.54, 1.807) is 24.1 Å². The number of carbonyl (C=O) groups is 2. The lowest BCUT2D eigenvalue weighted by Gasteiger charge is -2.46. The molecule has 2 atom stereocenters. The number of esters is 1. The maximum absolute atomic E-state index is 12.5. The Morgan fingerprint density at radius 2 is 1.70 bits per heavy atom. The first-order valence-electron chi connectivity index (χ1n) is 7.31. The average Bonchev–Trinajstić information content (AvgIpc) is 2.58. The molecule has 1 fully saturated rings. The summed E-state index contributed by atoms with van der Waals surface area (Å²) in [7, 11) is 1.59. The number of nitrogens with zero attached hydrogens (tertiary/aromatic N) is 1. The maximum atomic E-state index is 12.5. The summed E-state index contributed by atoms with van der Waals surface area (Å²) in [6.07, 6.45) is -0.781. The molecule has 0 aliphatic carbocycles. The van der Waals surface area contributed by atoms with E-state index in [1.165, 1.54) is 6.92 Å². The molecule has 118 valence electrons. The molecule has 1 aliphatic heterocycles. The zero-order valence-corrected chi connectivity index (χ0v) is 12.9. The lowest BCUT2D eigenvalue weighted by molar-refractivity contribution is -0.160. The van der Waals surface area contributed by atoms with E-state index in [0.717, 1.165) is 17.0 Å². The number of amides is 1. The van der Waals surface area contributed by atoms with Crippen molar-refractivity contribution in [1.82, 2.24) is 0 Å². The molecule has 1 heterocycles. The minimum Gasteiger partial charge on any atom is -0.497 e. The van der Waals surface area contributed by atoms with E-state index in [-0.39, 0.29) is 11.9 Å². The van der Waals surface area contributed by atoms with E-state index in [0.29, 0.717) is 0 Å². The topological polar surface area (TPSA) is 55.8 Å². The Kier molecular flexibility index (Phi) is 4.02. The fourth-order valence-electron chi connectivity index (χ4n) is 2.76. The van der Waals surface area contributed by atoms with E-state index in [4.69, 9.17) is 9.47 Å². The van der Waals surface area contributed by atoms with Crippen molar-refractivity contribution in [2.75, 3.05) is 12.0 Å². The van der Waals surface area contributed by atoms with Crippen LogP contribution in [0.5, 0.6) is 5.75 Å². The van der Waals surface area contributed by atoms with Gasteiger partial charge in [-0.15, -0.1) is 0 Å². The Bertz CT molecular complexity index is 712. The summed E-state index contributed by atoms with van der Waals surface area (Å²) in [6, 6.07) is 16.4. The van der Waals surface area contributed by atoms with Crippen molar-refractivity contribution in [2.45, 2.75) is 19.1 Å². The maximum Gasteiger partial charge on any atom is 0.303 e. The molecule has 0 bridgehead atoms. The quantitative estimate of drug-likeness (QED) is 0.643. The second-order valence-electron chi connectivity index (χ2n) is 5.29. The molecule has 0 aromatic heterocycles. The Balaban J connectivity index is 1.94. The lowest BCUT2D eigenvalue weighted by Crippen LogP contribution is -2.60. The van der Waals surface area contributed by atoms with Crippen LogP contribution in [0.2, 0.25) is 0 Å². The highest BCUT2D eigenvalue weighted by atomic mass is 16.6. The molecule has 0 unspecified atom stereocenters. The number of hydrogen-bond acceptors (Lipinski definition) is 4. The summed E-state index contributed by atoms with van der Waals surface area (Å²) >= 11 is 0. The minimum atomic E-state index is -0.781. The molecule has 5 nitrogen and oxygen atoms in total. The largest absolute Gasteiger partial charge is 0.497 e. The molecule has 5 heteroatoms. The third kappa shape index (κ3) is 2.77. The summed E-state index contributed by atoms with van der Waals surface area (Å²) in [5, 5.41) is 0. The van der Waals surface area contributed by atoms with Gasteiger partial charge in [-0.1, -0.05) is 30.3 Å². The van der Waals surface area contributed by atoms with Crippen LogP contribution in [0, 0.1) is 0 Å². The summed E-state index contributed by atoms with van der Waals surface area (Å²) in [5.74, 6) is 0.0346. The van der Waals surface area contributed by atoms with Gasteiger partial charge in [-0.3, -0.25) is 14.5 Å². The van der Waals surface area contributed by atoms with Gasteiger partial charge in [0, 0.05) is 12.6 Å². The SMILES string of the molecule is COc1ccc(N2C(=O)[C@@H](OC(C)=O)[C@@H]2c2ccccc2)cc1.